The molecular weight excluding hydrogens is 288 g/mol. The summed E-state index contributed by atoms with van der Waals surface area (Å²) in [5, 5.41) is 4.15. The number of aryl methyl sites for hydroxylation is 1. The monoisotopic (exact) mass is 300 g/mol. The van der Waals surface area contributed by atoms with E-state index in [-0.39, 0.29) is 0 Å². The van der Waals surface area contributed by atoms with Crippen molar-refractivity contribution in [3.63, 3.8) is 0 Å². The van der Waals surface area contributed by atoms with Crippen LogP contribution in [0.15, 0.2) is 21.2 Å². The van der Waals surface area contributed by atoms with Crippen molar-refractivity contribution in [3.8, 4) is 10.8 Å². The predicted octanol–water partition coefficient (Wildman–Crippen LogP) is 3.75. The molecule has 0 aliphatic rings. The van der Waals surface area contributed by atoms with Crippen LogP contribution in [-0.2, 0) is 0 Å². The SMILES string of the molecule is CNC(C)c1sc(-c2ccc(Br)o2)nc1C. The van der Waals surface area contributed by atoms with Crippen LogP contribution in [0.3, 0.4) is 0 Å². The van der Waals surface area contributed by atoms with Crippen LogP contribution in [-0.4, -0.2) is 12.0 Å². The molecule has 1 N–H and O–H groups in total. The van der Waals surface area contributed by atoms with Crippen molar-refractivity contribution in [1.29, 1.82) is 0 Å². The van der Waals surface area contributed by atoms with Crippen LogP contribution in [0.5, 0.6) is 0 Å². The van der Waals surface area contributed by atoms with E-state index < -0.39 is 0 Å². The van der Waals surface area contributed by atoms with Crippen LogP contribution in [0.4, 0.5) is 0 Å². The first-order chi connectivity index (χ1) is 7.61. The topological polar surface area (TPSA) is 38.1 Å². The minimum absolute atomic E-state index is 0.324. The molecule has 0 bridgehead atoms. The van der Waals surface area contributed by atoms with Gasteiger partial charge in [0.1, 0.15) is 0 Å². The summed E-state index contributed by atoms with van der Waals surface area (Å²) in [7, 11) is 1.95. The fourth-order valence-electron chi connectivity index (χ4n) is 1.48. The van der Waals surface area contributed by atoms with Gasteiger partial charge in [-0.1, -0.05) is 0 Å². The highest BCUT2D eigenvalue weighted by molar-refractivity contribution is 9.10. The lowest BCUT2D eigenvalue weighted by atomic mass is 10.2. The van der Waals surface area contributed by atoms with Crippen LogP contribution >= 0.6 is 27.3 Å². The molecule has 0 saturated carbocycles. The van der Waals surface area contributed by atoms with Gasteiger partial charge in [-0.3, -0.25) is 0 Å². The smallest absolute Gasteiger partial charge is 0.170 e. The Bertz CT molecular complexity index is 492. The molecule has 16 heavy (non-hydrogen) atoms. The minimum Gasteiger partial charge on any atom is -0.447 e. The zero-order chi connectivity index (χ0) is 11.7. The van der Waals surface area contributed by atoms with Gasteiger partial charge < -0.3 is 9.73 Å². The molecule has 0 fully saturated rings. The number of furan rings is 1. The van der Waals surface area contributed by atoms with Gasteiger partial charge in [0.05, 0.1) is 5.69 Å². The molecule has 0 aliphatic heterocycles. The maximum atomic E-state index is 5.50. The van der Waals surface area contributed by atoms with E-state index in [0.29, 0.717) is 6.04 Å². The van der Waals surface area contributed by atoms with Gasteiger partial charge in [-0.25, -0.2) is 4.98 Å². The summed E-state index contributed by atoms with van der Waals surface area (Å²) in [6, 6.07) is 4.13. The van der Waals surface area contributed by atoms with Crippen molar-refractivity contribution in [2.75, 3.05) is 7.05 Å². The van der Waals surface area contributed by atoms with Gasteiger partial charge >= 0.3 is 0 Å². The molecule has 2 heterocycles. The predicted molar refractivity (Wildman–Crippen MR) is 69.7 cm³/mol. The Labute approximate surface area is 107 Å². The first kappa shape index (κ1) is 11.8. The fourth-order valence-corrected chi connectivity index (χ4v) is 2.87. The van der Waals surface area contributed by atoms with Gasteiger partial charge in [0, 0.05) is 10.9 Å². The molecule has 86 valence electrons. The average molecular weight is 301 g/mol. The molecule has 0 amide bonds. The highest BCUT2D eigenvalue weighted by Crippen LogP contribution is 2.33. The van der Waals surface area contributed by atoms with Crippen LogP contribution in [0, 0.1) is 6.92 Å². The second-order valence-electron chi connectivity index (χ2n) is 3.58. The van der Waals surface area contributed by atoms with E-state index in [1.807, 2.05) is 26.1 Å². The molecule has 0 aromatic carbocycles. The Kier molecular flexibility index (Phi) is 3.47. The molecule has 1 unspecified atom stereocenters. The second kappa shape index (κ2) is 4.69. The summed E-state index contributed by atoms with van der Waals surface area (Å²) in [4.78, 5) is 5.78. The second-order valence-corrected chi connectivity index (χ2v) is 5.40. The van der Waals surface area contributed by atoms with Crippen LogP contribution < -0.4 is 5.32 Å². The van der Waals surface area contributed by atoms with E-state index >= 15 is 0 Å². The number of thiazole rings is 1. The van der Waals surface area contributed by atoms with Crippen molar-refractivity contribution in [3.05, 3.63) is 27.4 Å². The number of nitrogens with one attached hydrogen (secondary N) is 1. The van der Waals surface area contributed by atoms with Crippen LogP contribution in [0.25, 0.3) is 10.8 Å². The Morgan fingerprint density at radius 1 is 1.50 bits per heavy atom. The Hall–Kier alpha value is -0.650. The van der Waals surface area contributed by atoms with E-state index in [1.165, 1.54) is 4.88 Å². The summed E-state index contributed by atoms with van der Waals surface area (Å²) >= 11 is 4.97. The summed E-state index contributed by atoms with van der Waals surface area (Å²) in [6.45, 7) is 4.16. The number of halogens is 1. The number of hydrogen-bond acceptors (Lipinski definition) is 4. The van der Waals surface area contributed by atoms with Crippen LogP contribution in [0.1, 0.15) is 23.5 Å². The lowest BCUT2D eigenvalue weighted by molar-refractivity contribution is 0.555. The van der Waals surface area contributed by atoms with E-state index in [9.17, 15) is 0 Å². The van der Waals surface area contributed by atoms with Gasteiger partial charge in [0.25, 0.3) is 0 Å². The van der Waals surface area contributed by atoms with Crippen molar-refractivity contribution in [1.82, 2.24) is 10.3 Å². The normalized spacial score (nSPS) is 13.0. The number of aromatic nitrogens is 1. The first-order valence-corrected chi connectivity index (χ1v) is 6.63. The highest BCUT2D eigenvalue weighted by atomic mass is 79.9. The molecule has 0 radical (unpaired) electrons. The molecule has 0 saturated heterocycles. The maximum absolute atomic E-state index is 5.50. The van der Waals surface area contributed by atoms with E-state index in [2.05, 4.69) is 33.2 Å². The summed E-state index contributed by atoms with van der Waals surface area (Å²) in [5.41, 5.74) is 1.06. The summed E-state index contributed by atoms with van der Waals surface area (Å²) in [6.07, 6.45) is 0. The molecule has 3 nitrogen and oxygen atoms in total. The molecule has 2 rings (SSSR count). The molecular formula is C11H13BrN2OS. The first-order valence-electron chi connectivity index (χ1n) is 5.02. The van der Waals surface area contributed by atoms with Crippen molar-refractivity contribution in [2.24, 2.45) is 0 Å². The van der Waals surface area contributed by atoms with E-state index in [4.69, 9.17) is 4.42 Å². The number of nitrogens with zero attached hydrogens (tertiary/aromatic N) is 1. The molecule has 2 aromatic heterocycles. The van der Waals surface area contributed by atoms with Crippen molar-refractivity contribution in [2.45, 2.75) is 19.9 Å². The Balaban J connectivity index is 2.37. The number of hydrogen-bond donors (Lipinski definition) is 1. The van der Waals surface area contributed by atoms with Gasteiger partial charge in [-0.2, -0.15) is 0 Å². The van der Waals surface area contributed by atoms with E-state index in [0.717, 1.165) is 21.1 Å². The average Bonchev–Trinajstić information content (AvgIpc) is 2.83. The highest BCUT2D eigenvalue weighted by Gasteiger charge is 2.15. The van der Waals surface area contributed by atoms with Gasteiger partial charge in [0.15, 0.2) is 15.4 Å². The lowest BCUT2D eigenvalue weighted by Crippen LogP contribution is -2.11. The Morgan fingerprint density at radius 2 is 2.25 bits per heavy atom. The largest absolute Gasteiger partial charge is 0.447 e. The summed E-state index contributed by atoms with van der Waals surface area (Å²) < 4.78 is 6.23. The quantitative estimate of drug-likeness (QED) is 0.938. The maximum Gasteiger partial charge on any atom is 0.170 e. The van der Waals surface area contributed by atoms with Crippen molar-refractivity contribution < 1.29 is 4.42 Å². The zero-order valence-corrected chi connectivity index (χ0v) is 11.8. The lowest BCUT2D eigenvalue weighted by Gasteiger charge is -2.06. The third-order valence-corrected chi connectivity index (χ3v) is 4.22. The molecule has 0 spiro atoms. The molecule has 1 atom stereocenters. The van der Waals surface area contributed by atoms with E-state index in [1.54, 1.807) is 11.3 Å². The zero-order valence-electron chi connectivity index (χ0n) is 9.37. The molecule has 0 aliphatic carbocycles. The van der Waals surface area contributed by atoms with Gasteiger partial charge in [-0.15, -0.1) is 11.3 Å². The van der Waals surface area contributed by atoms with Gasteiger partial charge in [0.2, 0.25) is 0 Å². The molecule has 5 heteroatoms. The standard InChI is InChI=1S/C11H13BrN2OS/c1-6(13-3)10-7(2)14-11(16-10)8-4-5-9(12)15-8/h4-6,13H,1-3H3. The summed E-state index contributed by atoms with van der Waals surface area (Å²) in [5.74, 6) is 0.814. The third-order valence-electron chi connectivity index (χ3n) is 2.44. The van der Waals surface area contributed by atoms with Crippen molar-refractivity contribution >= 4 is 27.3 Å². The fraction of sp³-hybridized carbons (Fsp3) is 0.364. The Morgan fingerprint density at radius 3 is 2.81 bits per heavy atom. The number of rotatable bonds is 3. The minimum atomic E-state index is 0.324. The third kappa shape index (κ3) is 2.21. The molecule has 2 aromatic rings. The van der Waals surface area contributed by atoms with Crippen LogP contribution in [0.2, 0.25) is 0 Å². The van der Waals surface area contributed by atoms with Gasteiger partial charge in [-0.05, 0) is 49.0 Å².